The highest BCUT2D eigenvalue weighted by molar-refractivity contribution is 9.10. The van der Waals surface area contributed by atoms with E-state index in [1.165, 1.54) is 13.2 Å². The fourth-order valence-electron chi connectivity index (χ4n) is 1.52. The van der Waals surface area contributed by atoms with Gasteiger partial charge in [-0.15, -0.1) is 0 Å². The van der Waals surface area contributed by atoms with Gasteiger partial charge >= 0.3 is 5.97 Å². The number of hydrogen-bond donors (Lipinski definition) is 2. The van der Waals surface area contributed by atoms with Crippen LogP contribution in [0.5, 0.6) is 11.5 Å². The summed E-state index contributed by atoms with van der Waals surface area (Å²) in [6.07, 6.45) is 0.458. The van der Waals surface area contributed by atoms with Crippen LogP contribution in [0.1, 0.15) is 24.8 Å². The summed E-state index contributed by atoms with van der Waals surface area (Å²) >= 11 is 3.28. The molecule has 16 heavy (non-hydrogen) atoms. The lowest BCUT2D eigenvalue weighted by molar-refractivity contribution is -0.138. The normalized spacial score (nSPS) is 12.2. The Kier molecular flexibility index (Phi) is 4.18. The number of hydrogen-bond acceptors (Lipinski definition) is 3. The number of methoxy groups -OCH3 is 1. The summed E-state index contributed by atoms with van der Waals surface area (Å²) in [5, 5.41) is 18.6. The molecule has 0 saturated heterocycles. The first-order valence-corrected chi connectivity index (χ1v) is 5.59. The van der Waals surface area contributed by atoms with Gasteiger partial charge in [-0.3, -0.25) is 4.79 Å². The SMILES string of the molecule is CCC(C(=O)O)c1cc(O)c(OC)cc1Br. The molecule has 0 heterocycles. The molecule has 1 aromatic carbocycles. The van der Waals surface area contributed by atoms with Gasteiger partial charge < -0.3 is 14.9 Å². The maximum Gasteiger partial charge on any atom is 0.311 e. The maximum atomic E-state index is 11.0. The van der Waals surface area contributed by atoms with Crippen molar-refractivity contribution in [3.05, 3.63) is 22.2 Å². The molecule has 0 saturated carbocycles. The van der Waals surface area contributed by atoms with Gasteiger partial charge in [-0.1, -0.05) is 22.9 Å². The highest BCUT2D eigenvalue weighted by atomic mass is 79.9. The van der Waals surface area contributed by atoms with Crippen LogP contribution in [0, 0.1) is 0 Å². The first-order valence-electron chi connectivity index (χ1n) is 4.80. The zero-order valence-electron chi connectivity index (χ0n) is 9.03. The summed E-state index contributed by atoms with van der Waals surface area (Å²) in [7, 11) is 1.44. The lowest BCUT2D eigenvalue weighted by atomic mass is 9.96. The van der Waals surface area contributed by atoms with Gasteiger partial charge in [-0.2, -0.15) is 0 Å². The molecule has 4 nitrogen and oxygen atoms in total. The predicted octanol–water partition coefficient (Wildman–Crippen LogP) is 2.74. The second kappa shape index (κ2) is 5.21. The third-order valence-corrected chi connectivity index (χ3v) is 3.07. The Hall–Kier alpha value is -1.23. The number of phenolic OH excluding ortho intramolecular Hbond substituents is 1. The number of rotatable bonds is 4. The number of aliphatic carboxylic acids is 1. The van der Waals surface area contributed by atoms with Crippen molar-refractivity contribution >= 4 is 21.9 Å². The summed E-state index contributed by atoms with van der Waals surface area (Å²) in [4.78, 5) is 11.0. The Morgan fingerprint density at radius 1 is 1.56 bits per heavy atom. The van der Waals surface area contributed by atoms with Gasteiger partial charge in [0.05, 0.1) is 13.0 Å². The van der Waals surface area contributed by atoms with Crippen LogP contribution in [0.3, 0.4) is 0 Å². The van der Waals surface area contributed by atoms with Crippen molar-refractivity contribution in [3.63, 3.8) is 0 Å². The summed E-state index contributed by atoms with van der Waals surface area (Å²) in [5.74, 6) is -1.28. The standard InChI is InChI=1S/C11H13BrO4/c1-3-6(11(14)15)7-4-9(13)10(16-2)5-8(7)12/h4-6,13H,3H2,1-2H3,(H,14,15). The van der Waals surface area contributed by atoms with E-state index >= 15 is 0 Å². The van der Waals surface area contributed by atoms with Crippen LogP contribution in [0.15, 0.2) is 16.6 Å². The Morgan fingerprint density at radius 3 is 2.62 bits per heavy atom. The molecule has 0 fully saturated rings. The zero-order valence-corrected chi connectivity index (χ0v) is 10.6. The first kappa shape index (κ1) is 12.8. The maximum absolute atomic E-state index is 11.0. The number of benzene rings is 1. The molecule has 1 aromatic rings. The molecule has 0 aromatic heterocycles. The van der Waals surface area contributed by atoms with Gasteiger partial charge in [0.2, 0.25) is 0 Å². The van der Waals surface area contributed by atoms with E-state index in [-0.39, 0.29) is 5.75 Å². The summed E-state index contributed by atoms with van der Waals surface area (Å²) in [5.41, 5.74) is 0.549. The van der Waals surface area contributed by atoms with Crippen molar-refractivity contribution in [1.82, 2.24) is 0 Å². The Morgan fingerprint density at radius 2 is 2.19 bits per heavy atom. The van der Waals surface area contributed by atoms with E-state index in [9.17, 15) is 9.90 Å². The largest absolute Gasteiger partial charge is 0.504 e. The third-order valence-electron chi connectivity index (χ3n) is 2.38. The lowest BCUT2D eigenvalue weighted by Gasteiger charge is -2.14. The quantitative estimate of drug-likeness (QED) is 0.894. The molecule has 0 bridgehead atoms. The van der Waals surface area contributed by atoms with Crippen LogP contribution in [0.2, 0.25) is 0 Å². The van der Waals surface area contributed by atoms with Crippen molar-refractivity contribution in [2.45, 2.75) is 19.3 Å². The number of carbonyl (C=O) groups is 1. The summed E-state index contributed by atoms with van der Waals surface area (Å²) in [6.45, 7) is 1.78. The topological polar surface area (TPSA) is 66.8 Å². The van der Waals surface area contributed by atoms with Crippen LogP contribution in [0.25, 0.3) is 0 Å². The number of halogens is 1. The van der Waals surface area contributed by atoms with E-state index in [1.807, 2.05) is 0 Å². The smallest absolute Gasteiger partial charge is 0.311 e. The van der Waals surface area contributed by atoms with Crippen molar-refractivity contribution in [3.8, 4) is 11.5 Å². The average molecular weight is 289 g/mol. The van der Waals surface area contributed by atoms with E-state index in [4.69, 9.17) is 9.84 Å². The Balaban J connectivity index is 3.24. The molecule has 2 N–H and O–H groups in total. The van der Waals surface area contributed by atoms with E-state index < -0.39 is 11.9 Å². The average Bonchev–Trinajstić information content (AvgIpc) is 2.23. The molecule has 0 aliphatic heterocycles. The highest BCUT2D eigenvalue weighted by Crippen LogP contribution is 2.36. The molecule has 88 valence electrons. The first-order chi connectivity index (χ1) is 7.51. The van der Waals surface area contributed by atoms with E-state index in [2.05, 4.69) is 15.9 Å². The molecule has 5 heteroatoms. The Labute approximate surface area is 102 Å². The van der Waals surface area contributed by atoms with Crippen molar-refractivity contribution < 1.29 is 19.7 Å². The van der Waals surface area contributed by atoms with E-state index in [0.717, 1.165) is 0 Å². The fourth-order valence-corrected chi connectivity index (χ4v) is 2.12. The van der Waals surface area contributed by atoms with Gasteiger partial charge in [0, 0.05) is 4.47 Å². The fraction of sp³-hybridized carbons (Fsp3) is 0.364. The van der Waals surface area contributed by atoms with Gasteiger partial charge in [0.15, 0.2) is 11.5 Å². The van der Waals surface area contributed by atoms with Crippen LogP contribution >= 0.6 is 15.9 Å². The molecular formula is C11H13BrO4. The molecule has 1 unspecified atom stereocenters. The van der Waals surface area contributed by atoms with Gasteiger partial charge in [-0.25, -0.2) is 0 Å². The monoisotopic (exact) mass is 288 g/mol. The number of phenols is 1. The van der Waals surface area contributed by atoms with Gasteiger partial charge in [0.1, 0.15) is 0 Å². The summed E-state index contributed by atoms with van der Waals surface area (Å²) < 4.78 is 5.55. The minimum atomic E-state index is -0.909. The zero-order chi connectivity index (χ0) is 12.3. The summed E-state index contributed by atoms with van der Waals surface area (Å²) in [6, 6.07) is 2.99. The molecule has 1 atom stereocenters. The van der Waals surface area contributed by atoms with Crippen LogP contribution in [-0.2, 0) is 4.79 Å². The van der Waals surface area contributed by atoms with Gasteiger partial charge in [-0.05, 0) is 24.1 Å². The van der Waals surface area contributed by atoms with Crippen molar-refractivity contribution in [2.24, 2.45) is 0 Å². The number of carboxylic acid groups (broad SMARTS) is 1. The molecule has 1 rings (SSSR count). The molecule has 0 aliphatic rings. The van der Waals surface area contributed by atoms with E-state index in [0.29, 0.717) is 22.2 Å². The van der Waals surface area contributed by atoms with Crippen LogP contribution < -0.4 is 4.74 Å². The van der Waals surface area contributed by atoms with Crippen molar-refractivity contribution in [1.29, 1.82) is 0 Å². The lowest BCUT2D eigenvalue weighted by Crippen LogP contribution is -2.11. The second-order valence-electron chi connectivity index (χ2n) is 3.34. The minimum absolute atomic E-state index is 0.0552. The second-order valence-corrected chi connectivity index (χ2v) is 4.20. The third kappa shape index (κ3) is 2.47. The molecule has 0 radical (unpaired) electrons. The number of ether oxygens (including phenoxy) is 1. The van der Waals surface area contributed by atoms with Crippen LogP contribution in [0.4, 0.5) is 0 Å². The predicted molar refractivity (Wildman–Crippen MR) is 63.0 cm³/mol. The molecule has 0 amide bonds. The van der Waals surface area contributed by atoms with Gasteiger partial charge in [0.25, 0.3) is 0 Å². The van der Waals surface area contributed by atoms with Crippen LogP contribution in [-0.4, -0.2) is 23.3 Å². The van der Waals surface area contributed by atoms with Crippen molar-refractivity contribution in [2.75, 3.05) is 7.11 Å². The molecule has 0 aliphatic carbocycles. The van der Waals surface area contributed by atoms with E-state index in [1.54, 1.807) is 13.0 Å². The molecular weight excluding hydrogens is 276 g/mol. The highest BCUT2D eigenvalue weighted by Gasteiger charge is 2.22. The minimum Gasteiger partial charge on any atom is -0.504 e. The molecule has 0 spiro atoms. The Bertz CT molecular complexity index is 403. The number of carboxylic acids is 1. The number of aromatic hydroxyl groups is 1.